The lowest BCUT2D eigenvalue weighted by atomic mass is 10.0. The first kappa shape index (κ1) is 14.4. The highest BCUT2D eigenvalue weighted by molar-refractivity contribution is 8.03. The average Bonchev–Trinajstić information content (AvgIpc) is 2.95. The SMILES string of the molecule is CC(C)c1ccc2c(c1)SC1=C(C=C/C1=C\c1ccccc1)O2. The van der Waals surface area contributed by atoms with Crippen molar-refractivity contribution in [2.24, 2.45) is 0 Å². The van der Waals surface area contributed by atoms with Crippen LogP contribution in [-0.4, -0.2) is 0 Å². The summed E-state index contributed by atoms with van der Waals surface area (Å²) in [4.78, 5) is 2.42. The maximum absolute atomic E-state index is 6.09. The van der Waals surface area contributed by atoms with Crippen molar-refractivity contribution >= 4 is 17.8 Å². The lowest BCUT2D eigenvalue weighted by molar-refractivity contribution is 0.430. The van der Waals surface area contributed by atoms with E-state index in [0.29, 0.717) is 5.92 Å². The third kappa shape index (κ3) is 2.75. The highest BCUT2D eigenvalue weighted by atomic mass is 32.2. The molecule has 0 unspecified atom stereocenters. The maximum Gasteiger partial charge on any atom is 0.142 e. The van der Waals surface area contributed by atoms with E-state index in [1.54, 1.807) is 0 Å². The lowest BCUT2D eigenvalue weighted by Gasteiger charge is -2.20. The summed E-state index contributed by atoms with van der Waals surface area (Å²) in [6, 6.07) is 16.9. The van der Waals surface area contributed by atoms with Crippen molar-refractivity contribution in [3.05, 3.63) is 88.0 Å². The van der Waals surface area contributed by atoms with E-state index < -0.39 is 0 Å². The molecule has 1 aliphatic carbocycles. The molecule has 2 heteroatoms. The fourth-order valence-electron chi connectivity index (χ4n) is 2.77. The van der Waals surface area contributed by atoms with Gasteiger partial charge in [0.2, 0.25) is 0 Å². The van der Waals surface area contributed by atoms with Crippen molar-refractivity contribution in [1.82, 2.24) is 0 Å². The molecule has 0 atom stereocenters. The number of ether oxygens (including phenoxy) is 1. The van der Waals surface area contributed by atoms with Gasteiger partial charge in [0.15, 0.2) is 0 Å². The molecule has 0 bridgehead atoms. The monoisotopic (exact) mass is 318 g/mol. The van der Waals surface area contributed by atoms with E-state index in [4.69, 9.17) is 4.74 Å². The van der Waals surface area contributed by atoms with Crippen LogP contribution < -0.4 is 4.74 Å². The van der Waals surface area contributed by atoms with E-state index in [1.165, 1.54) is 26.5 Å². The molecular weight excluding hydrogens is 300 g/mol. The molecule has 0 radical (unpaired) electrons. The summed E-state index contributed by atoms with van der Waals surface area (Å²) in [5.41, 5.74) is 3.78. The first-order chi connectivity index (χ1) is 11.2. The Hall–Kier alpha value is -2.19. The minimum atomic E-state index is 0.525. The van der Waals surface area contributed by atoms with Gasteiger partial charge in [-0.15, -0.1) is 0 Å². The van der Waals surface area contributed by atoms with Crippen LogP contribution in [0.5, 0.6) is 5.75 Å². The Bertz CT molecular complexity index is 841. The van der Waals surface area contributed by atoms with Crippen molar-refractivity contribution in [2.45, 2.75) is 24.7 Å². The van der Waals surface area contributed by atoms with Crippen LogP contribution >= 0.6 is 11.8 Å². The molecule has 1 aliphatic heterocycles. The van der Waals surface area contributed by atoms with E-state index in [0.717, 1.165) is 11.5 Å². The number of rotatable bonds is 2. The normalized spacial score (nSPS) is 17.4. The van der Waals surface area contributed by atoms with Crippen molar-refractivity contribution in [3.63, 3.8) is 0 Å². The number of hydrogen-bond donors (Lipinski definition) is 0. The summed E-state index contributed by atoms with van der Waals surface area (Å²) < 4.78 is 6.09. The number of hydrogen-bond acceptors (Lipinski definition) is 2. The first-order valence-corrected chi connectivity index (χ1v) is 8.71. The standard InChI is InChI=1S/C21H18OS/c1-14(2)16-8-10-18-20(13-16)23-21-17(9-11-19(21)22-18)12-15-6-4-3-5-7-15/h3-14H,1-2H3/b17-12+. The molecule has 0 aromatic heterocycles. The molecule has 0 amide bonds. The maximum atomic E-state index is 6.09. The number of fused-ring (bicyclic) bond motifs is 1. The van der Waals surface area contributed by atoms with Crippen molar-refractivity contribution in [2.75, 3.05) is 0 Å². The second-order valence-corrected chi connectivity index (χ2v) is 7.15. The van der Waals surface area contributed by atoms with Gasteiger partial charge in [-0.3, -0.25) is 0 Å². The Morgan fingerprint density at radius 3 is 2.61 bits per heavy atom. The van der Waals surface area contributed by atoms with Crippen molar-refractivity contribution in [3.8, 4) is 5.75 Å². The Morgan fingerprint density at radius 1 is 1.00 bits per heavy atom. The van der Waals surface area contributed by atoms with Crippen LogP contribution in [0, 0.1) is 0 Å². The molecule has 1 nitrogen and oxygen atoms in total. The van der Waals surface area contributed by atoms with E-state index in [1.807, 2.05) is 17.8 Å². The Morgan fingerprint density at radius 2 is 1.83 bits per heavy atom. The molecule has 1 heterocycles. The number of benzene rings is 2. The van der Waals surface area contributed by atoms with Crippen molar-refractivity contribution < 1.29 is 4.74 Å². The summed E-state index contributed by atoms with van der Waals surface area (Å²) in [5, 5.41) is 0. The van der Waals surface area contributed by atoms with Crippen LogP contribution in [0.1, 0.15) is 30.9 Å². The molecule has 0 spiro atoms. The largest absolute Gasteiger partial charge is 0.455 e. The molecule has 0 N–H and O–H groups in total. The Balaban J connectivity index is 1.68. The van der Waals surface area contributed by atoms with Gasteiger partial charge in [-0.2, -0.15) is 0 Å². The smallest absolute Gasteiger partial charge is 0.142 e. The number of thioether (sulfide) groups is 1. The second kappa shape index (κ2) is 5.78. The summed E-state index contributed by atoms with van der Waals surface area (Å²) in [6.45, 7) is 4.44. The van der Waals surface area contributed by atoms with Crippen LogP contribution in [0.25, 0.3) is 6.08 Å². The molecule has 4 rings (SSSR count). The highest BCUT2D eigenvalue weighted by Gasteiger charge is 2.25. The molecule has 0 saturated heterocycles. The zero-order valence-electron chi connectivity index (χ0n) is 13.2. The van der Waals surface area contributed by atoms with Crippen LogP contribution in [0.4, 0.5) is 0 Å². The summed E-state index contributed by atoms with van der Waals surface area (Å²) in [6.07, 6.45) is 6.42. The van der Waals surface area contributed by atoms with Crippen molar-refractivity contribution in [1.29, 1.82) is 0 Å². The van der Waals surface area contributed by atoms with Gasteiger partial charge in [0, 0.05) is 0 Å². The Labute approximate surface area is 141 Å². The predicted molar refractivity (Wildman–Crippen MR) is 97.6 cm³/mol. The zero-order chi connectivity index (χ0) is 15.8. The van der Waals surface area contributed by atoms with E-state index in [2.05, 4.69) is 74.5 Å². The molecule has 0 saturated carbocycles. The van der Waals surface area contributed by atoms with Crippen LogP contribution in [-0.2, 0) is 0 Å². The fourth-order valence-corrected chi connectivity index (χ4v) is 3.85. The molecule has 2 aliphatic rings. The van der Waals surface area contributed by atoms with Gasteiger partial charge in [-0.1, -0.05) is 62.0 Å². The van der Waals surface area contributed by atoms with Crippen LogP contribution in [0.3, 0.4) is 0 Å². The lowest BCUT2D eigenvalue weighted by Crippen LogP contribution is -2.01. The molecule has 114 valence electrons. The summed E-state index contributed by atoms with van der Waals surface area (Å²) in [7, 11) is 0. The predicted octanol–water partition coefficient (Wildman–Crippen LogP) is 6.16. The quantitative estimate of drug-likeness (QED) is 0.656. The van der Waals surface area contributed by atoms with Crippen LogP contribution in [0.15, 0.2) is 81.8 Å². The number of allylic oxidation sites excluding steroid dienone is 3. The molecule has 2 aromatic carbocycles. The van der Waals surface area contributed by atoms with Gasteiger partial charge < -0.3 is 4.74 Å². The second-order valence-electron chi connectivity index (χ2n) is 6.10. The van der Waals surface area contributed by atoms with Gasteiger partial charge in [0.1, 0.15) is 11.5 Å². The molecule has 2 aromatic rings. The highest BCUT2D eigenvalue weighted by Crippen LogP contribution is 2.48. The molecular formula is C21H18OS. The van der Waals surface area contributed by atoms with Gasteiger partial charge in [-0.25, -0.2) is 0 Å². The molecule has 23 heavy (non-hydrogen) atoms. The first-order valence-electron chi connectivity index (χ1n) is 7.90. The van der Waals surface area contributed by atoms with Gasteiger partial charge in [-0.05, 0) is 53.0 Å². The molecule has 0 fully saturated rings. The average molecular weight is 318 g/mol. The fraction of sp³-hybridized carbons (Fsp3) is 0.143. The van der Waals surface area contributed by atoms with Crippen LogP contribution in [0.2, 0.25) is 0 Å². The van der Waals surface area contributed by atoms with E-state index in [9.17, 15) is 0 Å². The minimum Gasteiger partial charge on any atom is -0.455 e. The van der Waals surface area contributed by atoms with E-state index >= 15 is 0 Å². The van der Waals surface area contributed by atoms with Gasteiger partial charge >= 0.3 is 0 Å². The Kier molecular flexibility index (Phi) is 3.62. The summed E-state index contributed by atoms with van der Waals surface area (Å²) >= 11 is 1.81. The minimum absolute atomic E-state index is 0.525. The third-order valence-corrected chi connectivity index (χ3v) is 5.27. The third-order valence-electron chi connectivity index (χ3n) is 4.09. The van der Waals surface area contributed by atoms with E-state index in [-0.39, 0.29) is 0 Å². The summed E-state index contributed by atoms with van der Waals surface area (Å²) in [5.74, 6) is 2.45. The van der Waals surface area contributed by atoms with Gasteiger partial charge in [0.25, 0.3) is 0 Å². The topological polar surface area (TPSA) is 9.23 Å². The zero-order valence-corrected chi connectivity index (χ0v) is 14.1. The van der Waals surface area contributed by atoms with Gasteiger partial charge in [0.05, 0.1) is 9.80 Å².